The number of H-pyrrole nitrogens is 1. The van der Waals surface area contributed by atoms with Gasteiger partial charge in [0, 0.05) is 18.8 Å². The van der Waals surface area contributed by atoms with Crippen LogP contribution >= 0.6 is 11.8 Å². The number of ether oxygens (including phenoxy) is 1. The fourth-order valence-electron chi connectivity index (χ4n) is 2.78. The van der Waals surface area contributed by atoms with Crippen LogP contribution in [0.5, 0.6) is 5.75 Å². The van der Waals surface area contributed by atoms with Gasteiger partial charge in [-0.1, -0.05) is 23.9 Å². The number of benzene rings is 1. The molecule has 1 fully saturated rings. The summed E-state index contributed by atoms with van der Waals surface area (Å²) >= 11 is 1.27. The summed E-state index contributed by atoms with van der Waals surface area (Å²) in [6.45, 7) is 0.603. The quantitative estimate of drug-likeness (QED) is 0.600. The van der Waals surface area contributed by atoms with E-state index in [0.717, 1.165) is 29.8 Å². The lowest BCUT2D eigenvalue weighted by atomic mass is 10.2. The maximum Gasteiger partial charge on any atom is 0.277 e. The number of hydrogen-bond donors (Lipinski definition) is 1. The summed E-state index contributed by atoms with van der Waals surface area (Å²) < 4.78 is 10.8. The van der Waals surface area contributed by atoms with Crippen molar-refractivity contribution in [3.63, 3.8) is 0 Å². The zero-order valence-corrected chi connectivity index (χ0v) is 15.7. The average molecular weight is 384 g/mol. The Kier molecular flexibility index (Phi) is 5.15. The van der Waals surface area contributed by atoms with E-state index < -0.39 is 0 Å². The Balaban J connectivity index is 1.36. The molecule has 4 rings (SSSR count). The van der Waals surface area contributed by atoms with Gasteiger partial charge in [0.25, 0.3) is 11.1 Å². The SMILES string of the molecule is COc1ccc(CN(C(=O)CSc2nnc(-c3ccc[nH]3)o2)C2CC2)cc1. The summed E-state index contributed by atoms with van der Waals surface area (Å²) in [5.41, 5.74) is 1.85. The van der Waals surface area contributed by atoms with E-state index in [1.54, 1.807) is 13.3 Å². The summed E-state index contributed by atoms with van der Waals surface area (Å²) in [6.07, 6.45) is 3.91. The molecule has 0 bridgehead atoms. The van der Waals surface area contributed by atoms with Gasteiger partial charge in [-0.3, -0.25) is 4.79 Å². The molecular formula is C19H20N4O3S. The predicted octanol–water partition coefficient (Wildman–Crippen LogP) is 3.36. The molecule has 1 N–H and O–H groups in total. The molecule has 0 aliphatic heterocycles. The highest BCUT2D eigenvalue weighted by molar-refractivity contribution is 7.99. The standard InChI is InChI=1S/C19H20N4O3S/c1-25-15-8-4-13(5-9-15)11-23(14-6-7-14)17(24)12-27-19-22-21-18(26-19)16-3-2-10-20-16/h2-5,8-10,14,20H,6-7,11-12H2,1H3. The molecule has 7 nitrogen and oxygen atoms in total. The number of hydrogen-bond acceptors (Lipinski definition) is 6. The summed E-state index contributed by atoms with van der Waals surface area (Å²) in [4.78, 5) is 17.7. The van der Waals surface area contributed by atoms with Crippen LogP contribution < -0.4 is 4.74 Å². The fourth-order valence-corrected chi connectivity index (χ4v) is 3.43. The molecule has 1 amide bonds. The van der Waals surface area contributed by atoms with Crippen LogP contribution in [0.4, 0.5) is 0 Å². The van der Waals surface area contributed by atoms with Crippen LogP contribution in [0.2, 0.25) is 0 Å². The summed E-state index contributed by atoms with van der Waals surface area (Å²) in [6, 6.07) is 11.9. The van der Waals surface area contributed by atoms with Gasteiger partial charge in [0.15, 0.2) is 0 Å². The third-order valence-electron chi connectivity index (χ3n) is 4.37. The first-order chi connectivity index (χ1) is 13.2. The number of thioether (sulfide) groups is 1. The lowest BCUT2D eigenvalue weighted by Gasteiger charge is -2.22. The second-order valence-electron chi connectivity index (χ2n) is 6.35. The Morgan fingerprint density at radius 2 is 2.11 bits per heavy atom. The molecule has 2 aromatic heterocycles. The van der Waals surface area contributed by atoms with Crippen LogP contribution in [0.25, 0.3) is 11.6 Å². The minimum atomic E-state index is 0.0814. The maximum atomic E-state index is 12.7. The first-order valence-electron chi connectivity index (χ1n) is 8.75. The van der Waals surface area contributed by atoms with Crippen molar-refractivity contribution in [2.75, 3.05) is 12.9 Å². The second kappa shape index (κ2) is 7.87. The highest BCUT2D eigenvalue weighted by Crippen LogP contribution is 2.30. The number of aromatic amines is 1. The van der Waals surface area contributed by atoms with Crippen molar-refractivity contribution in [1.82, 2.24) is 20.1 Å². The summed E-state index contributed by atoms with van der Waals surface area (Å²) in [5.74, 6) is 1.59. The Hall–Kier alpha value is -2.74. The minimum Gasteiger partial charge on any atom is -0.497 e. The van der Waals surface area contributed by atoms with E-state index in [1.807, 2.05) is 41.3 Å². The van der Waals surface area contributed by atoms with Crippen molar-refractivity contribution in [2.24, 2.45) is 0 Å². The third-order valence-corrected chi connectivity index (χ3v) is 5.18. The number of carbonyl (C=O) groups excluding carboxylic acids is 1. The number of aromatic nitrogens is 3. The molecule has 1 aromatic carbocycles. The van der Waals surface area contributed by atoms with E-state index in [2.05, 4.69) is 15.2 Å². The Morgan fingerprint density at radius 3 is 2.78 bits per heavy atom. The third kappa shape index (κ3) is 4.33. The molecule has 0 saturated heterocycles. The first-order valence-corrected chi connectivity index (χ1v) is 9.74. The molecule has 0 radical (unpaired) electrons. The topological polar surface area (TPSA) is 84.2 Å². The van der Waals surface area contributed by atoms with Crippen molar-refractivity contribution in [3.05, 3.63) is 48.2 Å². The number of methoxy groups -OCH3 is 1. The molecule has 1 aliphatic rings. The van der Waals surface area contributed by atoms with Gasteiger partial charge in [-0.2, -0.15) is 0 Å². The van der Waals surface area contributed by atoms with Crippen molar-refractivity contribution in [2.45, 2.75) is 30.7 Å². The van der Waals surface area contributed by atoms with Crippen molar-refractivity contribution in [1.29, 1.82) is 0 Å². The van der Waals surface area contributed by atoms with Gasteiger partial charge in [0.2, 0.25) is 5.91 Å². The monoisotopic (exact) mass is 384 g/mol. The van der Waals surface area contributed by atoms with Gasteiger partial charge in [-0.05, 0) is 42.7 Å². The zero-order chi connectivity index (χ0) is 18.6. The molecule has 8 heteroatoms. The molecule has 0 atom stereocenters. The Bertz CT molecular complexity index is 888. The van der Waals surface area contributed by atoms with Crippen LogP contribution in [0.3, 0.4) is 0 Å². The largest absolute Gasteiger partial charge is 0.497 e. The van der Waals surface area contributed by atoms with E-state index in [4.69, 9.17) is 9.15 Å². The molecule has 0 unspecified atom stereocenters. The molecule has 3 aromatic rings. The van der Waals surface area contributed by atoms with E-state index in [-0.39, 0.29) is 11.7 Å². The molecule has 0 spiro atoms. The van der Waals surface area contributed by atoms with Crippen LogP contribution in [-0.2, 0) is 11.3 Å². The molecule has 2 heterocycles. The highest BCUT2D eigenvalue weighted by Gasteiger charge is 2.32. The summed E-state index contributed by atoms with van der Waals surface area (Å²) in [7, 11) is 1.64. The van der Waals surface area contributed by atoms with Gasteiger partial charge in [-0.15, -0.1) is 10.2 Å². The molecular weight excluding hydrogens is 364 g/mol. The normalized spacial score (nSPS) is 13.5. The van der Waals surface area contributed by atoms with E-state index in [1.165, 1.54) is 11.8 Å². The van der Waals surface area contributed by atoms with Gasteiger partial charge in [0.1, 0.15) is 11.4 Å². The second-order valence-corrected chi connectivity index (χ2v) is 7.27. The number of carbonyl (C=O) groups is 1. The number of nitrogens with one attached hydrogen (secondary N) is 1. The van der Waals surface area contributed by atoms with Gasteiger partial charge >= 0.3 is 0 Å². The molecule has 1 saturated carbocycles. The van der Waals surface area contributed by atoms with E-state index >= 15 is 0 Å². The lowest BCUT2D eigenvalue weighted by Crippen LogP contribution is -2.33. The van der Waals surface area contributed by atoms with Crippen LogP contribution in [0.15, 0.2) is 52.2 Å². The van der Waals surface area contributed by atoms with E-state index in [0.29, 0.717) is 23.7 Å². The fraction of sp³-hybridized carbons (Fsp3) is 0.316. The van der Waals surface area contributed by atoms with Gasteiger partial charge < -0.3 is 19.0 Å². The zero-order valence-electron chi connectivity index (χ0n) is 14.9. The van der Waals surface area contributed by atoms with Crippen LogP contribution in [-0.4, -0.2) is 44.9 Å². The lowest BCUT2D eigenvalue weighted by molar-refractivity contribution is -0.129. The van der Waals surface area contributed by atoms with Gasteiger partial charge in [-0.25, -0.2) is 0 Å². The molecule has 27 heavy (non-hydrogen) atoms. The Morgan fingerprint density at radius 1 is 1.30 bits per heavy atom. The Labute approximate surface area is 161 Å². The smallest absolute Gasteiger partial charge is 0.277 e. The van der Waals surface area contributed by atoms with Crippen LogP contribution in [0, 0.1) is 0 Å². The molecule has 1 aliphatic carbocycles. The average Bonchev–Trinajstić information content (AvgIpc) is 3.19. The van der Waals surface area contributed by atoms with E-state index in [9.17, 15) is 4.79 Å². The minimum absolute atomic E-state index is 0.0814. The number of amides is 1. The van der Waals surface area contributed by atoms with Crippen LogP contribution in [0.1, 0.15) is 18.4 Å². The van der Waals surface area contributed by atoms with Crippen molar-refractivity contribution >= 4 is 17.7 Å². The van der Waals surface area contributed by atoms with Gasteiger partial charge in [0.05, 0.1) is 12.9 Å². The number of rotatable bonds is 8. The first kappa shape index (κ1) is 17.7. The maximum absolute atomic E-state index is 12.7. The molecule has 140 valence electrons. The summed E-state index contributed by atoms with van der Waals surface area (Å²) in [5, 5.41) is 8.41. The predicted molar refractivity (Wildman–Crippen MR) is 101 cm³/mol. The van der Waals surface area contributed by atoms with Crippen molar-refractivity contribution in [3.8, 4) is 17.3 Å². The highest BCUT2D eigenvalue weighted by atomic mass is 32.2. The van der Waals surface area contributed by atoms with Crippen molar-refractivity contribution < 1.29 is 13.9 Å². The number of nitrogens with zero attached hydrogens (tertiary/aromatic N) is 3.